The van der Waals surface area contributed by atoms with Gasteiger partial charge in [-0.2, -0.15) is 0 Å². The third-order valence-corrected chi connectivity index (χ3v) is 8.57. The number of benzene rings is 4. The van der Waals surface area contributed by atoms with Gasteiger partial charge in [-0.25, -0.2) is 4.98 Å². The maximum absolute atomic E-state index is 13.8. The lowest BCUT2D eigenvalue weighted by molar-refractivity contribution is -0.132. The van der Waals surface area contributed by atoms with Crippen LogP contribution < -0.4 is 19.1 Å². The lowest BCUT2D eigenvalue weighted by Gasteiger charge is -2.23. The van der Waals surface area contributed by atoms with Crippen LogP contribution in [0.4, 0.5) is 5.13 Å². The zero-order chi connectivity index (χ0) is 29.7. The fourth-order valence-electron chi connectivity index (χ4n) is 5.57. The van der Waals surface area contributed by atoms with Crippen LogP contribution >= 0.6 is 11.3 Å². The molecule has 0 radical (unpaired) electrons. The van der Waals surface area contributed by atoms with Crippen LogP contribution in [-0.4, -0.2) is 35.0 Å². The van der Waals surface area contributed by atoms with Gasteiger partial charge in [-0.3, -0.25) is 14.5 Å². The highest BCUT2D eigenvalue weighted by molar-refractivity contribution is 7.22. The molecule has 5 aromatic rings. The highest BCUT2D eigenvalue weighted by Crippen LogP contribution is 2.46. The number of aromatic nitrogens is 1. The Balaban J connectivity index is 1.38. The minimum Gasteiger partial charge on any atom is -0.507 e. The molecule has 8 nitrogen and oxygen atoms in total. The summed E-state index contributed by atoms with van der Waals surface area (Å²) in [6, 6.07) is 26.3. The molecule has 0 saturated carbocycles. The zero-order valence-electron chi connectivity index (χ0n) is 23.3. The predicted molar refractivity (Wildman–Crippen MR) is 164 cm³/mol. The second kappa shape index (κ2) is 10.6. The topological polar surface area (TPSA) is 98.2 Å². The second-order valence-electron chi connectivity index (χ2n) is 10.4. The summed E-state index contributed by atoms with van der Waals surface area (Å²) in [6.45, 7) is 1.98. The summed E-state index contributed by atoms with van der Waals surface area (Å²) in [5.74, 6) is 0.739. The molecule has 2 aliphatic heterocycles. The number of rotatable bonds is 6. The number of thiazole rings is 1. The number of nitrogens with zero attached hydrogens (tertiary/aromatic N) is 2. The van der Waals surface area contributed by atoms with Gasteiger partial charge < -0.3 is 19.3 Å². The predicted octanol–water partition coefficient (Wildman–Crippen LogP) is 7.05. The van der Waals surface area contributed by atoms with E-state index in [0.717, 1.165) is 16.0 Å². The molecule has 2 atom stereocenters. The molecule has 0 spiro atoms. The number of aliphatic hydroxyl groups excluding tert-OH is 1. The summed E-state index contributed by atoms with van der Waals surface area (Å²) in [4.78, 5) is 33.6. The number of carbonyl (C=O) groups is 2. The van der Waals surface area contributed by atoms with Gasteiger partial charge in [0.25, 0.3) is 5.78 Å². The number of ketones is 1. The van der Waals surface area contributed by atoms with Crippen LogP contribution in [0.25, 0.3) is 16.0 Å². The number of anilines is 1. The van der Waals surface area contributed by atoms with Crippen molar-refractivity contribution in [3.8, 4) is 23.0 Å². The smallest absolute Gasteiger partial charge is 0.301 e. The average molecular weight is 591 g/mol. The van der Waals surface area contributed by atoms with Crippen LogP contribution in [0.1, 0.15) is 29.7 Å². The molecule has 1 N–H and O–H groups in total. The van der Waals surface area contributed by atoms with Crippen molar-refractivity contribution in [1.82, 2.24) is 4.98 Å². The van der Waals surface area contributed by atoms with Crippen molar-refractivity contribution in [1.29, 1.82) is 0 Å². The first-order valence-electron chi connectivity index (χ1n) is 13.8. The number of aliphatic hydroxyl groups is 1. The lowest BCUT2D eigenvalue weighted by Crippen LogP contribution is -2.29. The molecule has 0 unspecified atom stereocenters. The van der Waals surface area contributed by atoms with Crippen molar-refractivity contribution in [2.24, 2.45) is 0 Å². The first kappa shape index (κ1) is 26.7. The number of hydrogen-bond acceptors (Lipinski definition) is 8. The van der Waals surface area contributed by atoms with Crippen molar-refractivity contribution < 1.29 is 28.9 Å². The van der Waals surface area contributed by atoms with E-state index in [-0.39, 0.29) is 17.4 Å². The quantitative estimate of drug-likeness (QED) is 0.129. The van der Waals surface area contributed by atoms with Gasteiger partial charge in [-0.05, 0) is 78.7 Å². The minimum absolute atomic E-state index is 0.0167. The molecule has 1 aromatic heterocycles. The van der Waals surface area contributed by atoms with Gasteiger partial charge in [-0.15, -0.1) is 0 Å². The Bertz CT molecular complexity index is 1930. The van der Waals surface area contributed by atoms with Gasteiger partial charge in [-0.1, -0.05) is 41.7 Å². The zero-order valence-corrected chi connectivity index (χ0v) is 24.1. The van der Waals surface area contributed by atoms with E-state index in [1.165, 1.54) is 16.2 Å². The van der Waals surface area contributed by atoms with Gasteiger partial charge in [0.1, 0.15) is 34.9 Å². The van der Waals surface area contributed by atoms with Crippen molar-refractivity contribution >= 4 is 44.1 Å². The third kappa shape index (κ3) is 4.77. The number of carbonyl (C=O) groups excluding carboxylic acids is 2. The Morgan fingerprint density at radius 3 is 2.58 bits per heavy atom. The highest BCUT2D eigenvalue weighted by atomic mass is 32.1. The van der Waals surface area contributed by atoms with Gasteiger partial charge in [0.15, 0.2) is 5.13 Å². The Kier molecular flexibility index (Phi) is 6.59. The Hall–Kier alpha value is -5.15. The first-order valence-corrected chi connectivity index (χ1v) is 14.6. The summed E-state index contributed by atoms with van der Waals surface area (Å²) < 4.78 is 18.1. The van der Waals surface area contributed by atoms with Crippen LogP contribution in [0, 0.1) is 0 Å². The summed E-state index contributed by atoms with van der Waals surface area (Å²) in [6.07, 6.45) is 0.699. The number of hydrogen-bond donors (Lipinski definition) is 1. The van der Waals surface area contributed by atoms with Crippen LogP contribution in [-0.2, 0) is 16.0 Å². The Labute approximate surface area is 251 Å². The van der Waals surface area contributed by atoms with E-state index in [9.17, 15) is 14.7 Å². The molecule has 1 saturated heterocycles. The van der Waals surface area contributed by atoms with Crippen molar-refractivity contribution in [2.45, 2.75) is 25.5 Å². The summed E-state index contributed by atoms with van der Waals surface area (Å²) in [7, 11) is 1.58. The van der Waals surface area contributed by atoms with Crippen LogP contribution in [0.3, 0.4) is 0 Å². The van der Waals surface area contributed by atoms with E-state index in [0.29, 0.717) is 45.4 Å². The highest BCUT2D eigenvalue weighted by Gasteiger charge is 2.48. The Morgan fingerprint density at radius 1 is 0.953 bits per heavy atom. The monoisotopic (exact) mass is 590 g/mol. The molecule has 7 rings (SSSR count). The molecule has 3 heterocycles. The average Bonchev–Trinajstić information content (AvgIpc) is 3.69. The maximum atomic E-state index is 13.8. The SMILES string of the molecule is COc1ccc2nc(N3C(=O)C(=O)/C(=C(/O)c4ccc5c(c4)C[C@H](C)O5)[C@@H]3c3cccc(Oc4ccccc4)c3)sc2c1. The van der Waals surface area contributed by atoms with E-state index < -0.39 is 17.7 Å². The molecule has 1 amide bonds. The third-order valence-electron chi connectivity index (χ3n) is 7.56. The number of methoxy groups -OCH3 is 1. The molecule has 2 aliphatic rings. The number of Topliss-reactive ketones (excluding diaryl/α,β-unsaturated/α-hetero) is 1. The van der Waals surface area contributed by atoms with E-state index in [4.69, 9.17) is 19.2 Å². The molecular weight excluding hydrogens is 564 g/mol. The van der Waals surface area contributed by atoms with E-state index in [2.05, 4.69) is 0 Å². The van der Waals surface area contributed by atoms with Gasteiger partial charge in [0, 0.05) is 12.0 Å². The van der Waals surface area contributed by atoms with Gasteiger partial charge in [0.05, 0.1) is 28.9 Å². The number of para-hydroxylation sites is 1. The lowest BCUT2D eigenvalue weighted by atomic mass is 9.94. The van der Waals surface area contributed by atoms with Gasteiger partial charge >= 0.3 is 5.91 Å². The summed E-state index contributed by atoms with van der Waals surface area (Å²) in [5.41, 5.74) is 2.59. The van der Waals surface area contributed by atoms with Crippen molar-refractivity contribution in [3.05, 3.63) is 113 Å². The van der Waals surface area contributed by atoms with E-state index in [1.807, 2.05) is 61.5 Å². The normalized spacial score (nSPS) is 19.0. The number of ether oxygens (including phenoxy) is 3. The first-order chi connectivity index (χ1) is 20.9. The van der Waals surface area contributed by atoms with Gasteiger partial charge in [0.2, 0.25) is 0 Å². The molecule has 0 aliphatic carbocycles. The molecule has 214 valence electrons. The van der Waals surface area contributed by atoms with E-state index >= 15 is 0 Å². The van der Waals surface area contributed by atoms with Crippen LogP contribution in [0.2, 0.25) is 0 Å². The fraction of sp³-hybridized carbons (Fsp3) is 0.147. The molecule has 0 bridgehead atoms. The standard InChI is InChI=1S/C34H26N2O6S/c1-19-15-22-16-21(11-14-27(22)41-19)31(37)29-30(20-7-6-10-25(17-20)42-23-8-4-3-5-9-23)36(33(39)32(29)38)34-35-26-13-12-24(40-2)18-28(26)43-34/h3-14,16-19,30,37H,15H2,1-2H3/b31-29+/t19-,30-/m0/s1. The van der Waals surface area contributed by atoms with Crippen LogP contribution in [0.15, 0.2) is 96.6 Å². The minimum atomic E-state index is -0.954. The number of amides is 1. The molecule has 1 fully saturated rings. The Morgan fingerprint density at radius 2 is 1.77 bits per heavy atom. The molecule has 43 heavy (non-hydrogen) atoms. The second-order valence-corrected chi connectivity index (χ2v) is 11.5. The molecular formula is C34H26N2O6S. The number of fused-ring (bicyclic) bond motifs is 2. The summed E-state index contributed by atoms with van der Waals surface area (Å²) >= 11 is 1.27. The van der Waals surface area contributed by atoms with Crippen molar-refractivity contribution in [2.75, 3.05) is 12.0 Å². The van der Waals surface area contributed by atoms with Crippen molar-refractivity contribution in [3.63, 3.8) is 0 Å². The van der Waals surface area contributed by atoms with E-state index in [1.54, 1.807) is 43.5 Å². The molecule has 9 heteroatoms. The fourth-order valence-corrected chi connectivity index (χ4v) is 6.59. The maximum Gasteiger partial charge on any atom is 0.301 e. The summed E-state index contributed by atoms with van der Waals surface area (Å²) in [5, 5.41) is 12.0. The van der Waals surface area contributed by atoms with Crippen LogP contribution in [0.5, 0.6) is 23.0 Å². The largest absolute Gasteiger partial charge is 0.507 e. The molecule has 4 aromatic carbocycles.